The zero-order valence-corrected chi connectivity index (χ0v) is 29.1. The Balaban J connectivity index is 2.23. The monoisotopic (exact) mass is 686 g/mol. The Kier molecular flexibility index (Phi) is 13.1. The average molecular weight is 687 g/mol. The van der Waals surface area contributed by atoms with Gasteiger partial charge < -0.3 is 28.5 Å². The summed E-state index contributed by atoms with van der Waals surface area (Å²) in [6, 6.07) is 7.72. The van der Waals surface area contributed by atoms with Gasteiger partial charge in [0.05, 0.1) is 18.8 Å². The Morgan fingerprint density at radius 1 is 1.23 bits per heavy atom. The van der Waals surface area contributed by atoms with E-state index in [0.29, 0.717) is 19.3 Å². The van der Waals surface area contributed by atoms with E-state index in [9.17, 15) is 5.11 Å². The van der Waals surface area contributed by atoms with E-state index in [1.54, 1.807) is 7.11 Å². The number of hydrogen-bond donors (Lipinski definition) is 1. The molecule has 0 radical (unpaired) electrons. The highest BCUT2D eigenvalue weighted by Crippen LogP contribution is 2.43. The summed E-state index contributed by atoms with van der Waals surface area (Å²) in [5.41, 5.74) is 1.37. The van der Waals surface area contributed by atoms with Crippen LogP contribution in [0.25, 0.3) is 0 Å². The van der Waals surface area contributed by atoms with Gasteiger partial charge >= 0.3 is 0 Å². The largest absolute Gasteiger partial charge is 0.497 e. The highest BCUT2D eigenvalue weighted by atomic mass is 127. The van der Waals surface area contributed by atoms with Crippen LogP contribution >= 0.6 is 22.6 Å². The van der Waals surface area contributed by atoms with Gasteiger partial charge in [-0.15, -0.1) is 13.2 Å². The maximum Gasteiger partial charge on any atom is 0.192 e. The standard InChI is InChI=1S/C32H51IO6Si/c1-12-22(3)29(23(4)21-33)37-28(34)20-26(39-40(10,11)31(5,6)7)18-19-32(8)27(13-2)36-30(38-32)24-14-16-25(35-9)17-15-24/h12-17,21-22,26-30,34H,1-2,18-20H2,3-11H3/b23-21+/t22-,26+,27-,28?,29-,30?,32+/m0/s1. The minimum absolute atomic E-state index is 0.0253. The average Bonchev–Trinajstić information content (AvgIpc) is 3.25. The lowest BCUT2D eigenvalue weighted by Crippen LogP contribution is -2.46. The fourth-order valence-corrected chi connectivity index (χ4v) is 6.33. The maximum absolute atomic E-state index is 11.1. The summed E-state index contributed by atoms with van der Waals surface area (Å²) in [7, 11) is -0.486. The van der Waals surface area contributed by atoms with Crippen molar-refractivity contribution in [3.8, 4) is 5.75 Å². The summed E-state index contributed by atoms with van der Waals surface area (Å²) in [5.74, 6) is 0.844. The number of halogens is 1. The first-order chi connectivity index (χ1) is 18.6. The summed E-state index contributed by atoms with van der Waals surface area (Å²) in [6.07, 6.45) is 3.13. The highest BCUT2D eigenvalue weighted by Gasteiger charge is 2.46. The van der Waals surface area contributed by atoms with Crippen molar-refractivity contribution in [2.75, 3.05) is 7.11 Å². The molecule has 1 aliphatic rings. The lowest BCUT2D eigenvalue weighted by molar-refractivity contribution is -0.150. The molecule has 1 aromatic carbocycles. The van der Waals surface area contributed by atoms with Gasteiger partial charge in [0.2, 0.25) is 0 Å². The molecule has 0 spiro atoms. The Labute approximate surface area is 257 Å². The molecule has 7 atom stereocenters. The highest BCUT2D eigenvalue weighted by molar-refractivity contribution is 14.1. The summed E-state index contributed by atoms with van der Waals surface area (Å²) in [4.78, 5) is 0. The number of rotatable bonds is 15. The van der Waals surface area contributed by atoms with Crippen LogP contribution in [-0.2, 0) is 18.6 Å². The number of benzene rings is 1. The van der Waals surface area contributed by atoms with Crippen LogP contribution in [0.1, 0.15) is 72.7 Å². The van der Waals surface area contributed by atoms with Crippen molar-refractivity contribution in [3.05, 3.63) is 64.8 Å². The van der Waals surface area contributed by atoms with E-state index in [0.717, 1.165) is 16.9 Å². The van der Waals surface area contributed by atoms with Crippen molar-refractivity contribution in [2.24, 2.45) is 5.92 Å². The molecule has 0 aliphatic carbocycles. The van der Waals surface area contributed by atoms with Crippen molar-refractivity contribution in [2.45, 2.75) is 115 Å². The quantitative estimate of drug-likeness (QED) is 0.0865. The van der Waals surface area contributed by atoms with Crippen LogP contribution in [0.5, 0.6) is 5.75 Å². The number of aliphatic hydroxyl groups is 1. The SMILES string of the molecule is C=C[C@@H]1OC(c2ccc(OC)cc2)O[C@]1(C)CC[C@H](CC(O)O[C@H](/C(C)=C/I)[C@@H](C)C=C)O[Si](C)(C)C(C)(C)C. The molecule has 0 aromatic heterocycles. The number of methoxy groups -OCH3 is 1. The Morgan fingerprint density at radius 2 is 1.85 bits per heavy atom. The van der Waals surface area contributed by atoms with E-state index in [-0.39, 0.29) is 29.3 Å². The van der Waals surface area contributed by atoms with Gasteiger partial charge in [-0.3, -0.25) is 0 Å². The molecule has 6 nitrogen and oxygen atoms in total. The first kappa shape index (κ1) is 35.2. The smallest absolute Gasteiger partial charge is 0.192 e. The fourth-order valence-electron chi connectivity index (χ4n) is 4.58. The molecule has 0 saturated carbocycles. The van der Waals surface area contributed by atoms with E-state index in [1.807, 2.05) is 54.3 Å². The van der Waals surface area contributed by atoms with Crippen molar-refractivity contribution >= 4 is 30.9 Å². The molecule has 8 heteroatoms. The van der Waals surface area contributed by atoms with Crippen molar-refractivity contribution < 1.29 is 28.5 Å². The van der Waals surface area contributed by atoms with Crippen LogP contribution in [0, 0.1) is 5.92 Å². The summed E-state index contributed by atoms with van der Waals surface area (Å²) >= 11 is 2.21. The Morgan fingerprint density at radius 3 is 2.35 bits per heavy atom. The van der Waals surface area contributed by atoms with E-state index < -0.39 is 26.5 Å². The van der Waals surface area contributed by atoms with Gasteiger partial charge in [0.15, 0.2) is 20.9 Å². The minimum atomic E-state index is -2.13. The van der Waals surface area contributed by atoms with Gasteiger partial charge in [0, 0.05) is 24.0 Å². The Hall–Kier alpha value is -1.01. The lowest BCUT2D eigenvalue weighted by Gasteiger charge is -2.40. The van der Waals surface area contributed by atoms with Gasteiger partial charge in [-0.1, -0.05) is 74.6 Å². The summed E-state index contributed by atoms with van der Waals surface area (Å²) < 4.78 is 33.1. The zero-order chi connectivity index (χ0) is 30.3. The molecular formula is C32H51IO6Si. The second-order valence-electron chi connectivity index (χ2n) is 12.6. The van der Waals surface area contributed by atoms with Crippen LogP contribution in [0.15, 0.2) is 59.2 Å². The number of hydrogen-bond acceptors (Lipinski definition) is 6. The molecule has 40 heavy (non-hydrogen) atoms. The predicted octanol–water partition coefficient (Wildman–Crippen LogP) is 8.48. The Bertz CT molecular complexity index is 988. The molecule has 1 saturated heterocycles. The van der Waals surface area contributed by atoms with Gasteiger partial charge in [-0.05, 0) is 66.6 Å². The molecule has 1 aliphatic heterocycles. The van der Waals surface area contributed by atoms with Gasteiger partial charge in [-0.25, -0.2) is 0 Å². The molecule has 1 N–H and O–H groups in total. The number of aliphatic hydroxyl groups excluding tert-OH is 1. The second-order valence-corrected chi connectivity index (χ2v) is 17.9. The van der Waals surface area contributed by atoms with E-state index in [1.165, 1.54) is 0 Å². The van der Waals surface area contributed by atoms with Crippen LogP contribution in [0.3, 0.4) is 0 Å². The first-order valence-corrected chi connectivity index (χ1v) is 18.3. The van der Waals surface area contributed by atoms with Crippen LogP contribution in [-0.4, -0.2) is 50.7 Å². The predicted molar refractivity (Wildman–Crippen MR) is 174 cm³/mol. The minimum Gasteiger partial charge on any atom is -0.497 e. The van der Waals surface area contributed by atoms with Gasteiger partial charge in [0.25, 0.3) is 0 Å². The fraction of sp³-hybridized carbons (Fsp3) is 0.625. The third-order valence-electron chi connectivity index (χ3n) is 8.32. The molecule has 2 unspecified atom stereocenters. The topological polar surface area (TPSA) is 66.4 Å². The first-order valence-electron chi connectivity index (χ1n) is 14.1. The normalized spacial score (nSPS) is 25.2. The molecule has 1 aromatic rings. The molecule has 1 fully saturated rings. The van der Waals surface area contributed by atoms with E-state index >= 15 is 0 Å². The van der Waals surface area contributed by atoms with E-state index in [4.69, 9.17) is 23.4 Å². The molecule has 0 bridgehead atoms. The molecule has 226 valence electrons. The second kappa shape index (κ2) is 14.9. The maximum atomic E-state index is 11.1. The summed E-state index contributed by atoms with van der Waals surface area (Å²) in [5, 5.41) is 11.2. The van der Waals surface area contributed by atoms with Crippen LogP contribution in [0.2, 0.25) is 18.1 Å². The van der Waals surface area contributed by atoms with Crippen molar-refractivity contribution in [3.63, 3.8) is 0 Å². The number of ether oxygens (including phenoxy) is 4. The third-order valence-corrected chi connectivity index (χ3v) is 13.8. The third kappa shape index (κ3) is 9.24. The molecule has 1 heterocycles. The van der Waals surface area contributed by atoms with Crippen LogP contribution < -0.4 is 4.74 Å². The molecular weight excluding hydrogens is 635 g/mol. The van der Waals surface area contributed by atoms with E-state index in [2.05, 4.69) is 76.5 Å². The summed E-state index contributed by atoms with van der Waals surface area (Å²) in [6.45, 7) is 25.2. The lowest BCUT2D eigenvalue weighted by atomic mass is 9.91. The van der Waals surface area contributed by atoms with Crippen molar-refractivity contribution in [1.29, 1.82) is 0 Å². The van der Waals surface area contributed by atoms with Gasteiger partial charge in [0.1, 0.15) is 11.9 Å². The van der Waals surface area contributed by atoms with Gasteiger partial charge in [-0.2, -0.15) is 0 Å². The molecule has 0 amide bonds. The van der Waals surface area contributed by atoms with Crippen LogP contribution in [0.4, 0.5) is 0 Å². The molecule has 2 rings (SSSR count). The van der Waals surface area contributed by atoms with Crippen molar-refractivity contribution in [1.82, 2.24) is 0 Å². The zero-order valence-electron chi connectivity index (χ0n) is 25.9.